The summed E-state index contributed by atoms with van der Waals surface area (Å²) in [4.78, 5) is 34.3. The molecule has 1 aromatic carbocycles. The second-order valence-corrected chi connectivity index (χ2v) is 4.57. The van der Waals surface area contributed by atoms with Gasteiger partial charge in [-0.3, -0.25) is 9.59 Å². The molecule has 0 aliphatic rings. The number of rotatable bonds is 5. The van der Waals surface area contributed by atoms with Gasteiger partial charge in [-0.2, -0.15) is 0 Å². The Hall–Kier alpha value is -2.17. The van der Waals surface area contributed by atoms with Gasteiger partial charge in [-0.1, -0.05) is 18.2 Å². The first kappa shape index (κ1) is 14.9. The largest absolute Gasteiger partial charge is 0.475 e. The van der Waals surface area contributed by atoms with Gasteiger partial charge in [-0.05, 0) is 30.5 Å². The van der Waals surface area contributed by atoms with E-state index < -0.39 is 24.1 Å². The standard InChI is InChI=1S/C14H17NO4/c1-9-4-5-11(6-10(9)2)8-15(3)13(17)7-12(16)14(18)19/h4-6H,7-8H2,1-3H3,(H,18,19). The lowest BCUT2D eigenvalue weighted by atomic mass is 10.1. The predicted octanol–water partition coefficient (Wildman–Crippen LogP) is 1.31. The Balaban J connectivity index is 2.66. The maximum atomic E-state index is 11.7. The molecule has 0 radical (unpaired) electrons. The van der Waals surface area contributed by atoms with Crippen LogP contribution in [0.2, 0.25) is 0 Å². The van der Waals surface area contributed by atoms with Gasteiger partial charge in [0.2, 0.25) is 11.7 Å². The molecule has 0 saturated heterocycles. The molecule has 1 N–H and O–H groups in total. The Morgan fingerprint density at radius 1 is 1.16 bits per heavy atom. The molecule has 19 heavy (non-hydrogen) atoms. The van der Waals surface area contributed by atoms with Gasteiger partial charge in [0.05, 0.1) is 6.42 Å². The number of carboxylic acids is 1. The molecule has 0 aromatic heterocycles. The van der Waals surface area contributed by atoms with Crippen molar-refractivity contribution < 1.29 is 19.5 Å². The zero-order chi connectivity index (χ0) is 14.6. The maximum absolute atomic E-state index is 11.7. The number of aryl methyl sites for hydroxylation is 2. The van der Waals surface area contributed by atoms with E-state index in [0.29, 0.717) is 6.54 Å². The number of hydrogen-bond acceptors (Lipinski definition) is 3. The molecular formula is C14H17NO4. The average molecular weight is 263 g/mol. The van der Waals surface area contributed by atoms with E-state index in [9.17, 15) is 14.4 Å². The summed E-state index contributed by atoms with van der Waals surface area (Å²) in [6.45, 7) is 4.33. The molecule has 1 amide bonds. The van der Waals surface area contributed by atoms with Gasteiger partial charge in [0.1, 0.15) is 0 Å². The minimum atomic E-state index is -1.58. The molecule has 0 aliphatic carbocycles. The molecule has 102 valence electrons. The minimum Gasteiger partial charge on any atom is -0.475 e. The second kappa shape index (κ2) is 6.13. The summed E-state index contributed by atoms with van der Waals surface area (Å²) >= 11 is 0. The first-order chi connectivity index (χ1) is 8.81. The summed E-state index contributed by atoms with van der Waals surface area (Å²) in [6, 6.07) is 5.84. The SMILES string of the molecule is Cc1ccc(CN(C)C(=O)CC(=O)C(=O)O)cc1C. The van der Waals surface area contributed by atoms with Gasteiger partial charge in [0, 0.05) is 13.6 Å². The first-order valence-corrected chi connectivity index (χ1v) is 5.87. The van der Waals surface area contributed by atoms with Crippen molar-refractivity contribution >= 4 is 17.7 Å². The molecular weight excluding hydrogens is 246 g/mol. The van der Waals surface area contributed by atoms with Gasteiger partial charge in [0.25, 0.3) is 0 Å². The smallest absolute Gasteiger partial charge is 0.372 e. The molecule has 5 heteroatoms. The summed E-state index contributed by atoms with van der Waals surface area (Å²) in [5, 5.41) is 8.45. The molecule has 1 rings (SSSR count). The van der Waals surface area contributed by atoms with Gasteiger partial charge in [-0.25, -0.2) is 4.79 Å². The highest BCUT2D eigenvalue weighted by Crippen LogP contribution is 2.11. The van der Waals surface area contributed by atoms with Crippen LogP contribution in [0, 0.1) is 13.8 Å². The van der Waals surface area contributed by atoms with Crippen LogP contribution in [0.4, 0.5) is 0 Å². The van der Waals surface area contributed by atoms with Crippen molar-refractivity contribution in [2.24, 2.45) is 0 Å². The van der Waals surface area contributed by atoms with Crippen molar-refractivity contribution in [2.45, 2.75) is 26.8 Å². The Morgan fingerprint density at radius 3 is 2.32 bits per heavy atom. The highest BCUT2D eigenvalue weighted by molar-refractivity contribution is 6.36. The Labute approximate surface area is 111 Å². The number of ketones is 1. The van der Waals surface area contributed by atoms with Crippen molar-refractivity contribution in [2.75, 3.05) is 7.05 Å². The molecule has 0 fully saturated rings. The molecule has 0 saturated carbocycles. The van der Waals surface area contributed by atoms with Crippen LogP contribution in [0.25, 0.3) is 0 Å². The van der Waals surface area contributed by atoms with E-state index in [4.69, 9.17) is 5.11 Å². The van der Waals surface area contributed by atoms with Crippen molar-refractivity contribution in [3.63, 3.8) is 0 Å². The monoisotopic (exact) mass is 263 g/mol. The highest BCUT2D eigenvalue weighted by atomic mass is 16.4. The number of carboxylic acid groups (broad SMARTS) is 1. The fourth-order valence-corrected chi connectivity index (χ4v) is 1.61. The minimum absolute atomic E-state index is 0.354. The number of carbonyl (C=O) groups excluding carboxylic acids is 2. The molecule has 0 atom stereocenters. The van der Waals surface area contributed by atoms with Crippen LogP contribution in [0.3, 0.4) is 0 Å². The highest BCUT2D eigenvalue weighted by Gasteiger charge is 2.19. The van der Waals surface area contributed by atoms with E-state index >= 15 is 0 Å². The lowest BCUT2D eigenvalue weighted by Gasteiger charge is -2.17. The molecule has 0 unspecified atom stereocenters. The normalized spacial score (nSPS) is 10.1. The summed E-state index contributed by atoms with van der Waals surface area (Å²) in [5.41, 5.74) is 3.24. The topological polar surface area (TPSA) is 74.7 Å². The van der Waals surface area contributed by atoms with E-state index in [2.05, 4.69) is 0 Å². The van der Waals surface area contributed by atoms with Crippen LogP contribution in [-0.2, 0) is 20.9 Å². The molecule has 5 nitrogen and oxygen atoms in total. The first-order valence-electron chi connectivity index (χ1n) is 5.87. The Bertz CT molecular complexity index is 522. The van der Waals surface area contributed by atoms with Crippen LogP contribution in [-0.4, -0.2) is 34.7 Å². The van der Waals surface area contributed by atoms with Crippen LogP contribution in [0.5, 0.6) is 0 Å². The summed E-state index contributed by atoms with van der Waals surface area (Å²) in [7, 11) is 1.55. The van der Waals surface area contributed by atoms with Crippen LogP contribution >= 0.6 is 0 Å². The van der Waals surface area contributed by atoms with Gasteiger partial charge in [0.15, 0.2) is 0 Å². The fraction of sp³-hybridized carbons (Fsp3) is 0.357. The lowest BCUT2D eigenvalue weighted by molar-refractivity contribution is -0.151. The van der Waals surface area contributed by atoms with Crippen LogP contribution in [0.1, 0.15) is 23.1 Å². The Kier molecular flexibility index (Phi) is 4.80. The van der Waals surface area contributed by atoms with Gasteiger partial charge in [-0.15, -0.1) is 0 Å². The van der Waals surface area contributed by atoms with Crippen molar-refractivity contribution in [1.29, 1.82) is 0 Å². The number of aliphatic carboxylic acids is 1. The maximum Gasteiger partial charge on any atom is 0.372 e. The third kappa shape index (κ3) is 4.21. The van der Waals surface area contributed by atoms with Gasteiger partial charge >= 0.3 is 5.97 Å². The quantitative estimate of drug-likeness (QED) is 0.642. The van der Waals surface area contributed by atoms with E-state index in [1.165, 1.54) is 10.5 Å². The van der Waals surface area contributed by atoms with Crippen molar-refractivity contribution in [1.82, 2.24) is 4.90 Å². The number of benzene rings is 1. The lowest BCUT2D eigenvalue weighted by Crippen LogP contribution is -2.30. The van der Waals surface area contributed by atoms with Crippen LogP contribution in [0.15, 0.2) is 18.2 Å². The summed E-state index contributed by atoms with van der Waals surface area (Å²) < 4.78 is 0. The fourth-order valence-electron chi connectivity index (χ4n) is 1.61. The molecule has 0 spiro atoms. The van der Waals surface area contributed by atoms with E-state index in [1.54, 1.807) is 7.05 Å². The van der Waals surface area contributed by atoms with Crippen molar-refractivity contribution in [3.05, 3.63) is 34.9 Å². The zero-order valence-electron chi connectivity index (χ0n) is 11.3. The number of amides is 1. The third-order valence-electron chi connectivity index (χ3n) is 2.97. The van der Waals surface area contributed by atoms with E-state index in [-0.39, 0.29) is 0 Å². The van der Waals surface area contributed by atoms with E-state index in [0.717, 1.165) is 11.1 Å². The van der Waals surface area contributed by atoms with E-state index in [1.807, 2.05) is 32.0 Å². The number of carbonyl (C=O) groups is 3. The van der Waals surface area contributed by atoms with Crippen LogP contribution < -0.4 is 0 Å². The number of hydrogen-bond donors (Lipinski definition) is 1. The molecule has 0 heterocycles. The zero-order valence-corrected chi connectivity index (χ0v) is 11.3. The summed E-state index contributed by atoms with van der Waals surface area (Å²) in [6.07, 6.45) is -0.601. The molecule has 1 aromatic rings. The third-order valence-corrected chi connectivity index (χ3v) is 2.97. The average Bonchev–Trinajstić information content (AvgIpc) is 2.33. The second-order valence-electron chi connectivity index (χ2n) is 4.57. The Morgan fingerprint density at radius 2 is 1.79 bits per heavy atom. The predicted molar refractivity (Wildman–Crippen MR) is 69.6 cm³/mol. The summed E-state index contributed by atoms with van der Waals surface area (Å²) in [5.74, 6) is -3.16. The molecule has 0 bridgehead atoms. The number of nitrogens with zero attached hydrogens (tertiary/aromatic N) is 1. The van der Waals surface area contributed by atoms with Gasteiger partial charge < -0.3 is 10.0 Å². The van der Waals surface area contributed by atoms with Crippen molar-refractivity contribution in [3.8, 4) is 0 Å². The molecule has 0 aliphatic heterocycles. The number of Topliss-reactive ketones (excluding diaryl/α,β-unsaturated/α-hetero) is 1.